The summed E-state index contributed by atoms with van der Waals surface area (Å²) in [6, 6.07) is 19.7. The van der Waals surface area contributed by atoms with Crippen LogP contribution in [0.5, 0.6) is 5.75 Å². The normalized spacial score (nSPS) is 12.1. The highest BCUT2D eigenvalue weighted by Gasteiger charge is 2.16. The lowest BCUT2D eigenvalue weighted by Crippen LogP contribution is -2.26. The number of methoxy groups -OCH3 is 1. The van der Waals surface area contributed by atoms with E-state index < -0.39 is 0 Å². The molecule has 4 rings (SSSR count). The van der Waals surface area contributed by atoms with Crippen LogP contribution in [0, 0.1) is 0 Å². The van der Waals surface area contributed by atoms with Crippen LogP contribution in [0.2, 0.25) is 0 Å². The Morgan fingerprint density at radius 2 is 1.90 bits per heavy atom. The van der Waals surface area contributed by atoms with Gasteiger partial charge < -0.3 is 19.5 Å². The summed E-state index contributed by atoms with van der Waals surface area (Å²) in [4.78, 5) is 16.0. The number of nitrogens with one attached hydrogen (secondary N) is 2. The van der Waals surface area contributed by atoms with Crippen molar-refractivity contribution in [2.75, 3.05) is 7.11 Å². The first kappa shape index (κ1) is 18.9. The number of fused-ring (bicyclic) bond motifs is 1. The largest absolute Gasteiger partial charge is 0.497 e. The molecule has 5 nitrogen and oxygen atoms in total. The number of benzene rings is 2. The van der Waals surface area contributed by atoms with Gasteiger partial charge in [0.1, 0.15) is 11.5 Å². The first-order valence-electron chi connectivity index (χ1n) is 9.72. The van der Waals surface area contributed by atoms with Crippen molar-refractivity contribution in [3.8, 4) is 17.0 Å². The summed E-state index contributed by atoms with van der Waals surface area (Å²) >= 11 is 0. The number of H-pyrrole nitrogens is 1. The number of aromatic nitrogens is 1. The molecule has 0 radical (unpaired) electrons. The molecule has 0 unspecified atom stereocenters. The average molecular weight is 388 g/mol. The molecular weight excluding hydrogens is 364 g/mol. The predicted octanol–water partition coefficient (Wildman–Crippen LogP) is 5.25. The van der Waals surface area contributed by atoms with E-state index in [4.69, 9.17) is 9.15 Å². The molecule has 0 spiro atoms. The Morgan fingerprint density at radius 3 is 2.62 bits per heavy atom. The number of amides is 1. The zero-order valence-corrected chi connectivity index (χ0v) is 16.6. The van der Waals surface area contributed by atoms with Crippen LogP contribution in [0.15, 0.2) is 71.3 Å². The molecule has 2 N–H and O–H groups in total. The number of rotatable bonds is 7. The van der Waals surface area contributed by atoms with Gasteiger partial charge in [-0.05, 0) is 66.9 Å². The molecule has 0 aliphatic rings. The number of hydrogen-bond donors (Lipinski definition) is 2. The fraction of sp³-hybridized carbons (Fsp3) is 0.208. The Morgan fingerprint density at radius 1 is 1.10 bits per heavy atom. The number of hydrogen-bond acceptors (Lipinski definition) is 3. The highest BCUT2D eigenvalue weighted by Crippen LogP contribution is 2.32. The Hall–Kier alpha value is -3.47. The SMILES string of the molecule is COc1ccc(-c2[nH]c3ccccc3c2CCC(=O)N[C@@H](C)c2ccco2)cc1. The number of carbonyl (C=O) groups excluding carboxylic acids is 1. The first-order chi connectivity index (χ1) is 14.2. The Bertz CT molecular complexity index is 1100. The maximum absolute atomic E-state index is 12.5. The van der Waals surface area contributed by atoms with Gasteiger partial charge in [0.25, 0.3) is 0 Å². The molecule has 148 valence electrons. The second kappa shape index (κ2) is 8.27. The summed E-state index contributed by atoms with van der Waals surface area (Å²) in [7, 11) is 1.66. The van der Waals surface area contributed by atoms with Crippen LogP contribution < -0.4 is 10.1 Å². The molecule has 0 fully saturated rings. The van der Waals surface area contributed by atoms with E-state index in [1.54, 1.807) is 13.4 Å². The lowest BCUT2D eigenvalue weighted by Gasteiger charge is -2.12. The first-order valence-corrected chi connectivity index (χ1v) is 9.72. The molecular formula is C24H24N2O3. The molecule has 1 amide bonds. The topological polar surface area (TPSA) is 67.3 Å². The van der Waals surface area contributed by atoms with Crippen molar-refractivity contribution in [2.24, 2.45) is 0 Å². The molecule has 0 saturated carbocycles. The van der Waals surface area contributed by atoms with Crippen LogP contribution in [0.3, 0.4) is 0 Å². The maximum atomic E-state index is 12.5. The van der Waals surface area contributed by atoms with E-state index in [-0.39, 0.29) is 11.9 Å². The second-order valence-electron chi connectivity index (χ2n) is 7.06. The van der Waals surface area contributed by atoms with Gasteiger partial charge in [-0.2, -0.15) is 0 Å². The van der Waals surface area contributed by atoms with E-state index in [0.717, 1.165) is 39.2 Å². The molecule has 2 aromatic heterocycles. The van der Waals surface area contributed by atoms with Crippen LogP contribution in [-0.4, -0.2) is 18.0 Å². The van der Waals surface area contributed by atoms with Crippen LogP contribution >= 0.6 is 0 Å². The molecule has 0 bridgehead atoms. The quantitative estimate of drug-likeness (QED) is 0.455. The van der Waals surface area contributed by atoms with Crippen molar-refractivity contribution < 1.29 is 13.9 Å². The van der Waals surface area contributed by atoms with E-state index in [1.807, 2.05) is 55.5 Å². The summed E-state index contributed by atoms with van der Waals surface area (Å²) in [6.45, 7) is 1.92. The number of ether oxygens (including phenoxy) is 1. The second-order valence-corrected chi connectivity index (χ2v) is 7.06. The highest BCUT2D eigenvalue weighted by atomic mass is 16.5. The maximum Gasteiger partial charge on any atom is 0.220 e. The molecule has 2 heterocycles. The number of furan rings is 1. The summed E-state index contributed by atoms with van der Waals surface area (Å²) < 4.78 is 10.6. The van der Waals surface area contributed by atoms with Crippen LogP contribution in [0.25, 0.3) is 22.2 Å². The third kappa shape index (κ3) is 4.04. The smallest absolute Gasteiger partial charge is 0.220 e. The van der Waals surface area contributed by atoms with Crippen molar-refractivity contribution in [1.29, 1.82) is 0 Å². The standard InChI is InChI=1S/C24H24N2O3/c1-16(22-8-5-15-29-22)25-23(27)14-13-20-19-6-3-4-7-21(19)26-24(20)17-9-11-18(28-2)12-10-17/h3-12,15-16,26H,13-14H2,1-2H3,(H,25,27)/t16-/m0/s1. The summed E-state index contributed by atoms with van der Waals surface area (Å²) in [6.07, 6.45) is 2.66. The molecule has 0 saturated heterocycles. The van der Waals surface area contributed by atoms with Gasteiger partial charge in [-0.3, -0.25) is 4.79 Å². The lowest BCUT2D eigenvalue weighted by molar-refractivity contribution is -0.121. The van der Waals surface area contributed by atoms with Gasteiger partial charge >= 0.3 is 0 Å². The number of aromatic amines is 1. The summed E-state index contributed by atoms with van der Waals surface area (Å²) in [5, 5.41) is 4.15. The molecule has 2 aromatic carbocycles. The highest BCUT2D eigenvalue weighted by molar-refractivity contribution is 5.91. The fourth-order valence-corrected chi connectivity index (χ4v) is 3.62. The van der Waals surface area contributed by atoms with E-state index in [2.05, 4.69) is 22.4 Å². The fourth-order valence-electron chi connectivity index (χ4n) is 3.62. The van der Waals surface area contributed by atoms with Gasteiger partial charge in [-0.1, -0.05) is 18.2 Å². The predicted molar refractivity (Wildman–Crippen MR) is 114 cm³/mol. The van der Waals surface area contributed by atoms with E-state index >= 15 is 0 Å². The van der Waals surface area contributed by atoms with Gasteiger partial charge in [0, 0.05) is 23.0 Å². The Labute approximate surface area is 169 Å². The van der Waals surface area contributed by atoms with Crippen molar-refractivity contribution in [3.63, 3.8) is 0 Å². The minimum Gasteiger partial charge on any atom is -0.497 e. The summed E-state index contributed by atoms with van der Waals surface area (Å²) in [5.74, 6) is 1.57. The van der Waals surface area contributed by atoms with E-state index in [0.29, 0.717) is 12.8 Å². The summed E-state index contributed by atoms with van der Waals surface area (Å²) in [5.41, 5.74) is 4.33. The number of aryl methyl sites for hydroxylation is 1. The van der Waals surface area contributed by atoms with Crippen molar-refractivity contribution in [1.82, 2.24) is 10.3 Å². The van der Waals surface area contributed by atoms with Gasteiger partial charge in [0.2, 0.25) is 5.91 Å². The third-order valence-corrected chi connectivity index (χ3v) is 5.14. The molecule has 0 aliphatic heterocycles. The van der Waals surface area contributed by atoms with E-state index in [1.165, 1.54) is 0 Å². The van der Waals surface area contributed by atoms with Crippen molar-refractivity contribution in [3.05, 3.63) is 78.3 Å². The number of para-hydroxylation sites is 1. The third-order valence-electron chi connectivity index (χ3n) is 5.14. The lowest BCUT2D eigenvalue weighted by atomic mass is 10.0. The van der Waals surface area contributed by atoms with E-state index in [9.17, 15) is 4.79 Å². The Balaban J connectivity index is 1.56. The average Bonchev–Trinajstić information content (AvgIpc) is 3.40. The van der Waals surface area contributed by atoms with Gasteiger partial charge in [-0.15, -0.1) is 0 Å². The molecule has 4 aromatic rings. The van der Waals surface area contributed by atoms with Gasteiger partial charge in [-0.25, -0.2) is 0 Å². The van der Waals surface area contributed by atoms with Gasteiger partial charge in [0.05, 0.1) is 19.4 Å². The Kier molecular flexibility index (Phi) is 5.38. The molecule has 1 atom stereocenters. The van der Waals surface area contributed by atoms with Gasteiger partial charge in [0.15, 0.2) is 0 Å². The van der Waals surface area contributed by atoms with Crippen LogP contribution in [-0.2, 0) is 11.2 Å². The zero-order valence-electron chi connectivity index (χ0n) is 16.6. The molecule has 29 heavy (non-hydrogen) atoms. The van der Waals surface area contributed by atoms with Crippen molar-refractivity contribution in [2.45, 2.75) is 25.8 Å². The van der Waals surface area contributed by atoms with Crippen molar-refractivity contribution >= 4 is 16.8 Å². The minimum atomic E-state index is -0.151. The monoisotopic (exact) mass is 388 g/mol. The minimum absolute atomic E-state index is 0.000128. The van der Waals surface area contributed by atoms with Crippen LogP contribution in [0.1, 0.15) is 30.7 Å². The molecule has 5 heteroatoms. The molecule has 0 aliphatic carbocycles. The van der Waals surface area contributed by atoms with Crippen LogP contribution in [0.4, 0.5) is 0 Å². The number of carbonyl (C=O) groups is 1. The zero-order chi connectivity index (χ0) is 20.2.